The molecular formula is C27H32N2O5. The van der Waals surface area contributed by atoms with Gasteiger partial charge in [0, 0.05) is 12.0 Å². The summed E-state index contributed by atoms with van der Waals surface area (Å²) >= 11 is 0. The number of nitrogens with one attached hydrogen (secondary N) is 2. The number of fused-ring (bicyclic) bond motifs is 3. The lowest BCUT2D eigenvalue weighted by Crippen LogP contribution is -2.51. The van der Waals surface area contributed by atoms with Crippen LogP contribution in [0, 0.1) is 5.92 Å². The topological polar surface area (TPSA) is 105 Å². The lowest BCUT2D eigenvalue weighted by molar-refractivity contribution is -0.142. The second-order valence-electron chi connectivity index (χ2n) is 9.16. The van der Waals surface area contributed by atoms with Gasteiger partial charge in [-0.3, -0.25) is 9.59 Å². The quantitative estimate of drug-likeness (QED) is 0.508. The Morgan fingerprint density at radius 2 is 1.68 bits per heavy atom. The molecule has 0 aliphatic heterocycles. The monoisotopic (exact) mass is 464 g/mol. The number of hydrogen-bond acceptors (Lipinski definition) is 4. The molecule has 3 atom stereocenters. The smallest absolute Gasteiger partial charge is 0.407 e. The summed E-state index contributed by atoms with van der Waals surface area (Å²) in [6.45, 7) is 2.19. The molecule has 2 aliphatic carbocycles. The average molecular weight is 465 g/mol. The second kappa shape index (κ2) is 10.7. The third-order valence-electron chi connectivity index (χ3n) is 6.96. The third-order valence-corrected chi connectivity index (χ3v) is 6.96. The number of alkyl carbamates (subject to hydrolysis) is 1. The van der Waals surface area contributed by atoms with Gasteiger partial charge in [0.25, 0.3) is 0 Å². The summed E-state index contributed by atoms with van der Waals surface area (Å²) in [5.41, 5.74) is 4.55. The highest BCUT2D eigenvalue weighted by Crippen LogP contribution is 2.44. The van der Waals surface area contributed by atoms with Crippen LogP contribution in [0.3, 0.4) is 0 Å². The summed E-state index contributed by atoms with van der Waals surface area (Å²) in [5, 5.41) is 15.0. The van der Waals surface area contributed by atoms with Gasteiger partial charge in [-0.1, -0.05) is 74.7 Å². The van der Waals surface area contributed by atoms with Crippen LogP contribution in [0.1, 0.15) is 62.5 Å². The molecule has 2 aliphatic rings. The van der Waals surface area contributed by atoms with E-state index in [0.29, 0.717) is 19.3 Å². The molecular weight excluding hydrogens is 432 g/mol. The Morgan fingerprint density at radius 3 is 2.29 bits per heavy atom. The lowest BCUT2D eigenvalue weighted by Gasteiger charge is -2.23. The number of hydrogen-bond donors (Lipinski definition) is 3. The van der Waals surface area contributed by atoms with E-state index in [1.165, 1.54) is 0 Å². The first kappa shape index (κ1) is 23.8. The number of ether oxygens (including phenoxy) is 1. The second-order valence-corrected chi connectivity index (χ2v) is 9.16. The first-order valence-corrected chi connectivity index (χ1v) is 12.1. The van der Waals surface area contributed by atoms with Crippen molar-refractivity contribution in [3.8, 4) is 11.1 Å². The van der Waals surface area contributed by atoms with Crippen LogP contribution in [0.25, 0.3) is 11.1 Å². The van der Waals surface area contributed by atoms with Gasteiger partial charge in [-0.15, -0.1) is 0 Å². The zero-order valence-electron chi connectivity index (χ0n) is 19.5. The number of benzene rings is 2. The minimum atomic E-state index is -0.891. The molecule has 180 valence electrons. The van der Waals surface area contributed by atoms with Crippen molar-refractivity contribution in [1.29, 1.82) is 0 Å². The molecule has 0 aromatic heterocycles. The Kier molecular flexibility index (Phi) is 7.50. The van der Waals surface area contributed by atoms with Crippen molar-refractivity contribution in [1.82, 2.24) is 10.6 Å². The van der Waals surface area contributed by atoms with Gasteiger partial charge in [-0.25, -0.2) is 4.79 Å². The Bertz CT molecular complexity index is 1010. The van der Waals surface area contributed by atoms with E-state index < -0.39 is 30.1 Å². The van der Waals surface area contributed by atoms with Crippen molar-refractivity contribution in [2.75, 3.05) is 6.61 Å². The van der Waals surface area contributed by atoms with Crippen LogP contribution in [-0.2, 0) is 14.3 Å². The highest BCUT2D eigenvalue weighted by Gasteiger charge is 2.35. The third kappa shape index (κ3) is 5.08. The number of aliphatic carboxylic acids is 1. The van der Waals surface area contributed by atoms with E-state index in [2.05, 4.69) is 34.9 Å². The maximum Gasteiger partial charge on any atom is 0.407 e. The lowest BCUT2D eigenvalue weighted by atomic mass is 9.98. The SMILES string of the molecule is CCCCC(NC(=O)OCC1c2ccccc2-c2ccccc21)C(=O)NC1CCCC1C(=O)O. The van der Waals surface area contributed by atoms with Crippen molar-refractivity contribution >= 4 is 18.0 Å². The number of carboxylic acids is 1. The summed E-state index contributed by atoms with van der Waals surface area (Å²) in [5.74, 6) is -1.88. The van der Waals surface area contributed by atoms with Gasteiger partial charge in [0.2, 0.25) is 5.91 Å². The molecule has 1 saturated carbocycles. The van der Waals surface area contributed by atoms with Crippen LogP contribution in [0.5, 0.6) is 0 Å². The van der Waals surface area contributed by atoms with Gasteiger partial charge >= 0.3 is 12.1 Å². The largest absolute Gasteiger partial charge is 0.481 e. The minimum absolute atomic E-state index is 0.0594. The van der Waals surface area contributed by atoms with E-state index in [-0.39, 0.29) is 18.4 Å². The van der Waals surface area contributed by atoms with E-state index in [1.807, 2.05) is 31.2 Å². The molecule has 3 unspecified atom stereocenters. The molecule has 2 aromatic rings. The summed E-state index contributed by atoms with van der Waals surface area (Å²) in [6, 6.07) is 15.1. The zero-order valence-corrected chi connectivity index (χ0v) is 19.5. The van der Waals surface area contributed by atoms with Crippen LogP contribution in [-0.4, -0.2) is 41.8 Å². The number of unbranched alkanes of at least 4 members (excludes halogenated alkanes) is 1. The van der Waals surface area contributed by atoms with Gasteiger partial charge in [-0.2, -0.15) is 0 Å². The van der Waals surface area contributed by atoms with Crippen LogP contribution >= 0.6 is 0 Å². The maximum atomic E-state index is 12.9. The average Bonchev–Trinajstić information content (AvgIpc) is 3.43. The minimum Gasteiger partial charge on any atom is -0.481 e. The van der Waals surface area contributed by atoms with Crippen molar-refractivity contribution in [2.45, 2.75) is 63.5 Å². The van der Waals surface area contributed by atoms with Crippen molar-refractivity contribution in [3.05, 3.63) is 59.7 Å². The van der Waals surface area contributed by atoms with Crippen LogP contribution < -0.4 is 10.6 Å². The highest BCUT2D eigenvalue weighted by atomic mass is 16.5. The summed E-state index contributed by atoms with van der Waals surface area (Å²) < 4.78 is 5.61. The van der Waals surface area contributed by atoms with Crippen molar-refractivity contribution < 1.29 is 24.2 Å². The van der Waals surface area contributed by atoms with E-state index in [9.17, 15) is 19.5 Å². The van der Waals surface area contributed by atoms with Gasteiger partial charge < -0.3 is 20.5 Å². The molecule has 1 fully saturated rings. The Hall–Kier alpha value is -3.35. The molecule has 3 N–H and O–H groups in total. The van der Waals surface area contributed by atoms with Gasteiger partial charge in [-0.05, 0) is 41.5 Å². The molecule has 7 nitrogen and oxygen atoms in total. The summed E-state index contributed by atoms with van der Waals surface area (Å²) in [6.07, 6.45) is 3.41. The molecule has 4 rings (SSSR count). The first-order valence-electron chi connectivity index (χ1n) is 12.1. The highest BCUT2D eigenvalue weighted by molar-refractivity contribution is 5.86. The molecule has 0 saturated heterocycles. The number of amides is 2. The summed E-state index contributed by atoms with van der Waals surface area (Å²) in [7, 11) is 0. The fraction of sp³-hybridized carbons (Fsp3) is 0.444. The fourth-order valence-electron chi connectivity index (χ4n) is 5.17. The molecule has 2 aromatic carbocycles. The standard InChI is InChI=1S/C27H32N2O5/c1-2-3-14-24(25(30)28-23-15-8-13-21(23)26(31)32)29-27(33)34-16-22-19-11-6-4-9-17(19)18-10-5-7-12-20(18)22/h4-7,9-12,21-24H,2-3,8,13-16H2,1H3,(H,28,30)(H,29,33)(H,31,32). The van der Waals surface area contributed by atoms with Gasteiger partial charge in [0.05, 0.1) is 5.92 Å². The van der Waals surface area contributed by atoms with Crippen LogP contribution in [0.2, 0.25) is 0 Å². The van der Waals surface area contributed by atoms with Crippen LogP contribution in [0.4, 0.5) is 4.79 Å². The van der Waals surface area contributed by atoms with E-state index in [1.54, 1.807) is 0 Å². The number of carbonyl (C=O) groups is 3. The number of carbonyl (C=O) groups excluding carboxylic acids is 2. The van der Waals surface area contributed by atoms with Gasteiger partial charge in [0.1, 0.15) is 12.6 Å². The molecule has 7 heteroatoms. The molecule has 34 heavy (non-hydrogen) atoms. The van der Waals surface area contributed by atoms with E-state index in [4.69, 9.17) is 4.74 Å². The van der Waals surface area contributed by atoms with Crippen molar-refractivity contribution in [2.24, 2.45) is 5.92 Å². The number of rotatable bonds is 9. The van der Waals surface area contributed by atoms with Gasteiger partial charge in [0.15, 0.2) is 0 Å². The Labute approximate surface area is 199 Å². The fourth-order valence-corrected chi connectivity index (χ4v) is 5.17. The van der Waals surface area contributed by atoms with Crippen molar-refractivity contribution in [3.63, 3.8) is 0 Å². The molecule has 0 heterocycles. The normalized spacial score (nSPS) is 19.7. The predicted molar refractivity (Wildman–Crippen MR) is 128 cm³/mol. The predicted octanol–water partition coefficient (Wildman–Crippen LogP) is 4.45. The van der Waals surface area contributed by atoms with E-state index in [0.717, 1.165) is 41.5 Å². The molecule has 2 amide bonds. The van der Waals surface area contributed by atoms with Crippen LogP contribution in [0.15, 0.2) is 48.5 Å². The molecule has 0 spiro atoms. The molecule has 0 radical (unpaired) electrons. The maximum absolute atomic E-state index is 12.9. The number of carboxylic acid groups (broad SMARTS) is 1. The Balaban J connectivity index is 1.39. The summed E-state index contributed by atoms with van der Waals surface area (Å²) in [4.78, 5) is 37.1. The first-order chi connectivity index (χ1) is 16.5. The zero-order chi connectivity index (χ0) is 24.1. The van der Waals surface area contributed by atoms with E-state index >= 15 is 0 Å². The Morgan fingerprint density at radius 1 is 1.03 bits per heavy atom. The molecule has 0 bridgehead atoms.